The van der Waals surface area contributed by atoms with E-state index in [0.29, 0.717) is 19.4 Å². The van der Waals surface area contributed by atoms with Gasteiger partial charge in [-0.15, -0.1) is 0 Å². The molecular formula is C27H32N2O6. The van der Waals surface area contributed by atoms with Crippen LogP contribution in [0.5, 0.6) is 0 Å². The number of carbonyl (C=O) groups is 3. The lowest BCUT2D eigenvalue weighted by atomic mass is 9.98. The molecule has 0 radical (unpaired) electrons. The number of alkyl carbamates (subject to hydrolysis) is 1. The van der Waals surface area contributed by atoms with E-state index >= 15 is 0 Å². The predicted molar refractivity (Wildman–Crippen MR) is 130 cm³/mol. The van der Waals surface area contributed by atoms with Crippen LogP contribution in [-0.2, 0) is 19.1 Å². The minimum absolute atomic E-state index is 0.0145. The number of hydrogen-bond donors (Lipinski definition) is 2. The van der Waals surface area contributed by atoms with Gasteiger partial charge in [-0.05, 0) is 41.5 Å². The van der Waals surface area contributed by atoms with Crippen LogP contribution >= 0.6 is 0 Å². The third-order valence-corrected chi connectivity index (χ3v) is 6.93. The maximum atomic E-state index is 13.0. The number of rotatable bonds is 10. The smallest absolute Gasteiger partial charge is 0.407 e. The fourth-order valence-electron chi connectivity index (χ4n) is 5.20. The molecule has 1 aliphatic carbocycles. The number of amides is 2. The van der Waals surface area contributed by atoms with Crippen LogP contribution in [0.2, 0.25) is 0 Å². The Hall–Kier alpha value is -3.39. The fourth-order valence-corrected chi connectivity index (χ4v) is 5.20. The molecule has 2 amide bonds. The molecule has 1 saturated heterocycles. The topological polar surface area (TPSA) is 105 Å². The summed E-state index contributed by atoms with van der Waals surface area (Å²) in [6.07, 6.45) is 1.20. The Bertz CT molecular complexity index is 1030. The molecule has 2 atom stereocenters. The highest BCUT2D eigenvalue weighted by Gasteiger charge is 2.33. The Morgan fingerprint density at radius 2 is 1.74 bits per heavy atom. The monoisotopic (exact) mass is 480 g/mol. The molecule has 2 aromatic carbocycles. The zero-order chi connectivity index (χ0) is 24.8. The average molecular weight is 481 g/mol. The van der Waals surface area contributed by atoms with Gasteiger partial charge in [0.05, 0.1) is 0 Å². The van der Waals surface area contributed by atoms with Crippen molar-refractivity contribution < 1.29 is 29.0 Å². The summed E-state index contributed by atoms with van der Waals surface area (Å²) in [7, 11) is 1.47. The van der Waals surface area contributed by atoms with E-state index in [1.165, 1.54) is 18.2 Å². The highest BCUT2D eigenvalue weighted by Crippen LogP contribution is 2.44. The Morgan fingerprint density at radius 3 is 2.37 bits per heavy atom. The van der Waals surface area contributed by atoms with Crippen LogP contribution in [0, 0.1) is 0 Å². The first-order valence-electron chi connectivity index (χ1n) is 12.1. The van der Waals surface area contributed by atoms with Gasteiger partial charge in [0.2, 0.25) is 0 Å². The van der Waals surface area contributed by atoms with Crippen LogP contribution in [0.25, 0.3) is 11.1 Å². The van der Waals surface area contributed by atoms with Gasteiger partial charge in [0.25, 0.3) is 5.91 Å². The van der Waals surface area contributed by atoms with Gasteiger partial charge < -0.3 is 24.8 Å². The van der Waals surface area contributed by atoms with Crippen molar-refractivity contribution in [2.24, 2.45) is 0 Å². The van der Waals surface area contributed by atoms with Gasteiger partial charge in [-0.25, -0.2) is 4.79 Å². The van der Waals surface area contributed by atoms with E-state index in [1.807, 2.05) is 24.3 Å². The molecule has 2 unspecified atom stereocenters. The average Bonchev–Trinajstić information content (AvgIpc) is 3.46. The van der Waals surface area contributed by atoms with Crippen molar-refractivity contribution in [1.82, 2.24) is 10.2 Å². The van der Waals surface area contributed by atoms with Gasteiger partial charge in [-0.1, -0.05) is 48.5 Å². The maximum absolute atomic E-state index is 13.0. The van der Waals surface area contributed by atoms with E-state index in [1.54, 1.807) is 4.90 Å². The lowest BCUT2D eigenvalue weighted by molar-refractivity contribution is -0.144. The summed E-state index contributed by atoms with van der Waals surface area (Å²) in [6, 6.07) is 16.2. The molecule has 2 aromatic rings. The van der Waals surface area contributed by atoms with Gasteiger partial charge in [0, 0.05) is 45.0 Å². The molecule has 2 N–H and O–H groups in total. The summed E-state index contributed by atoms with van der Waals surface area (Å²) in [4.78, 5) is 38.0. The number of benzene rings is 2. The molecule has 35 heavy (non-hydrogen) atoms. The second-order valence-corrected chi connectivity index (χ2v) is 9.03. The molecule has 8 nitrogen and oxygen atoms in total. The number of carboxylic acids is 1. The quantitative estimate of drug-likeness (QED) is 0.536. The predicted octanol–water partition coefficient (Wildman–Crippen LogP) is 3.79. The van der Waals surface area contributed by atoms with Crippen LogP contribution in [0.4, 0.5) is 4.79 Å². The Kier molecular flexibility index (Phi) is 8.02. The first kappa shape index (κ1) is 24.7. The third-order valence-electron chi connectivity index (χ3n) is 6.93. The second kappa shape index (κ2) is 11.4. The largest absolute Gasteiger partial charge is 0.481 e. The number of nitrogens with zero attached hydrogens (tertiary/aromatic N) is 1. The van der Waals surface area contributed by atoms with Crippen molar-refractivity contribution in [1.29, 1.82) is 0 Å². The van der Waals surface area contributed by atoms with Crippen molar-refractivity contribution in [2.75, 3.05) is 26.8 Å². The molecule has 0 spiro atoms. The van der Waals surface area contributed by atoms with E-state index in [9.17, 15) is 14.4 Å². The molecule has 8 heteroatoms. The summed E-state index contributed by atoms with van der Waals surface area (Å²) in [5, 5.41) is 11.7. The zero-order valence-corrected chi connectivity index (χ0v) is 19.9. The molecule has 1 fully saturated rings. The standard InChI is InChI=1S/C27H32N2O6/c1-34-24(26(32)29-16-6-7-18(29)12-13-25(30)31)14-15-28-27(33)35-17-23-21-10-4-2-8-19(21)20-9-3-5-11-22(20)23/h2-5,8-11,18,23-24H,6-7,12-17H2,1H3,(H,28,33)(H,30,31). The number of methoxy groups -OCH3 is 1. The molecule has 1 aliphatic heterocycles. The number of aliphatic carboxylic acids is 1. The number of carbonyl (C=O) groups excluding carboxylic acids is 2. The van der Waals surface area contributed by atoms with Gasteiger partial charge in [-0.3, -0.25) is 9.59 Å². The first-order valence-corrected chi connectivity index (χ1v) is 12.1. The number of nitrogens with one attached hydrogen (secondary N) is 1. The van der Waals surface area contributed by atoms with Crippen LogP contribution in [-0.4, -0.2) is 66.9 Å². The Labute approximate surface area is 205 Å². The number of likely N-dealkylation sites (tertiary alicyclic amines) is 1. The van der Waals surface area contributed by atoms with E-state index in [4.69, 9.17) is 14.6 Å². The minimum Gasteiger partial charge on any atom is -0.481 e. The number of hydrogen-bond acceptors (Lipinski definition) is 5. The van der Waals surface area contributed by atoms with Gasteiger partial charge in [-0.2, -0.15) is 0 Å². The van der Waals surface area contributed by atoms with Gasteiger partial charge in [0.15, 0.2) is 0 Å². The highest BCUT2D eigenvalue weighted by molar-refractivity contribution is 5.82. The van der Waals surface area contributed by atoms with Gasteiger partial charge in [0.1, 0.15) is 12.7 Å². The fraction of sp³-hybridized carbons (Fsp3) is 0.444. The Balaban J connectivity index is 1.26. The SMILES string of the molecule is COC(CCNC(=O)OCC1c2ccccc2-c2ccccc21)C(=O)N1CCCC1CCC(=O)O. The summed E-state index contributed by atoms with van der Waals surface area (Å²) in [5.74, 6) is -1.03. The molecule has 0 bridgehead atoms. The summed E-state index contributed by atoms with van der Waals surface area (Å²) < 4.78 is 10.9. The molecule has 0 aromatic heterocycles. The molecule has 4 rings (SSSR count). The molecule has 0 saturated carbocycles. The second-order valence-electron chi connectivity index (χ2n) is 9.03. The molecule has 1 heterocycles. The van der Waals surface area contributed by atoms with Crippen molar-refractivity contribution in [3.63, 3.8) is 0 Å². The summed E-state index contributed by atoms with van der Waals surface area (Å²) in [6.45, 7) is 1.06. The molecule has 2 aliphatic rings. The van der Waals surface area contributed by atoms with E-state index in [-0.39, 0.29) is 37.4 Å². The Morgan fingerprint density at radius 1 is 1.09 bits per heavy atom. The molecular weight excluding hydrogens is 448 g/mol. The first-order chi connectivity index (χ1) is 17.0. The van der Waals surface area contributed by atoms with E-state index < -0.39 is 18.2 Å². The highest BCUT2D eigenvalue weighted by atomic mass is 16.5. The van der Waals surface area contributed by atoms with Crippen molar-refractivity contribution in [3.05, 3.63) is 59.7 Å². The minimum atomic E-state index is -0.861. The van der Waals surface area contributed by atoms with Crippen molar-refractivity contribution >= 4 is 18.0 Å². The molecule has 186 valence electrons. The van der Waals surface area contributed by atoms with E-state index in [2.05, 4.69) is 29.6 Å². The lowest BCUT2D eigenvalue weighted by Gasteiger charge is -2.28. The van der Waals surface area contributed by atoms with Gasteiger partial charge >= 0.3 is 12.1 Å². The lowest BCUT2D eigenvalue weighted by Crippen LogP contribution is -2.44. The normalized spacial score (nSPS) is 17.5. The van der Waals surface area contributed by atoms with Crippen molar-refractivity contribution in [3.8, 4) is 11.1 Å². The zero-order valence-electron chi connectivity index (χ0n) is 19.9. The third kappa shape index (κ3) is 5.65. The number of carboxylic acid groups (broad SMARTS) is 1. The van der Waals surface area contributed by atoms with Crippen LogP contribution in [0.3, 0.4) is 0 Å². The maximum Gasteiger partial charge on any atom is 0.407 e. The van der Waals surface area contributed by atoms with Crippen LogP contribution in [0.15, 0.2) is 48.5 Å². The van der Waals surface area contributed by atoms with Crippen LogP contribution in [0.1, 0.15) is 49.1 Å². The number of fused-ring (bicyclic) bond motifs is 3. The van der Waals surface area contributed by atoms with E-state index in [0.717, 1.165) is 24.0 Å². The summed E-state index contributed by atoms with van der Waals surface area (Å²) >= 11 is 0. The summed E-state index contributed by atoms with van der Waals surface area (Å²) in [5.41, 5.74) is 4.63. The number of ether oxygens (including phenoxy) is 2. The van der Waals surface area contributed by atoms with Crippen molar-refractivity contribution in [2.45, 2.75) is 50.2 Å². The van der Waals surface area contributed by atoms with Crippen LogP contribution < -0.4 is 5.32 Å².